The van der Waals surface area contributed by atoms with Gasteiger partial charge in [0.25, 0.3) is 0 Å². The molecule has 0 saturated heterocycles. The highest BCUT2D eigenvalue weighted by molar-refractivity contribution is 9.10. The van der Waals surface area contributed by atoms with Crippen molar-refractivity contribution >= 4 is 15.9 Å². The van der Waals surface area contributed by atoms with Crippen LogP contribution >= 0.6 is 15.9 Å². The first-order valence-electron chi connectivity index (χ1n) is 3.46. The predicted molar refractivity (Wildman–Crippen MR) is 48.5 cm³/mol. The van der Waals surface area contributed by atoms with Crippen molar-refractivity contribution in [1.29, 1.82) is 0 Å². The van der Waals surface area contributed by atoms with Crippen LogP contribution in [0.3, 0.4) is 0 Å². The number of nitrogens with one attached hydrogen (secondary N) is 1. The lowest BCUT2D eigenvalue weighted by atomic mass is 10.2. The Morgan fingerprint density at radius 3 is 2.75 bits per heavy atom. The van der Waals surface area contributed by atoms with Crippen molar-refractivity contribution in [3.05, 3.63) is 28.0 Å². The van der Waals surface area contributed by atoms with Crippen molar-refractivity contribution in [2.45, 2.75) is 6.54 Å². The fraction of sp³-hybridized carbons (Fsp3) is 0.250. The Kier molecular flexibility index (Phi) is 3.05. The Morgan fingerprint density at radius 2 is 2.25 bits per heavy atom. The molecule has 66 valence electrons. The molecule has 0 aliphatic rings. The summed E-state index contributed by atoms with van der Waals surface area (Å²) in [6, 6.07) is 3.03. The molecular formula is C8H9BrFNO. The van der Waals surface area contributed by atoms with E-state index in [1.165, 1.54) is 6.07 Å². The van der Waals surface area contributed by atoms with E-state index in [1.54, 1.807) is 13.1 Å². The van der Waals surface area contributed by atoms with E-state index in [-0.39, 0.29) is 10.2 Å². The van der Waals surface area contributed by atoms with Crippen LogP contribution in [0.2, 0.25) is 0 Å². The van der Waals surface area contributed by atoms with E-state index in [2.05, 4.69) is 21.2 Å². The van der Waals surface area contributed by atoms with Crippen LogP contribution < -0.4 is 5.32 Å². The lowest BCUT2D eigenvalue weighted by Gasteiger charge is -2.03. The van der Waals surface area contributed by atoms with Crippen molar-refractivity contribution in [1.82, 2.24) is 5.32 Å². The summed E-state index contributed by atoms with van der Waals surface area (Å²) < 4.78 is 13.1. The fourth-order valence-corrected chi connectivity index (χ4v) is 1.43. The standard InChI is InChI=1S/C8H9BrFNO/c1-11-4-5-2-6(9)8(10)7(12)3-5/h2-3,11-12H,4H2,1H3. The molecule has 0 spiro atoms. The minimum atomic E-state index is -0.616. The van der Waals surface area contributed by atoms with Gasteiger partial charge in [-0.1, -0.05) is 0 Å². The molecule has 0 unspecified atom stereocenters. The van der Waals surface area contributed by atoms with E-state index in [0.717, 1.165) is 5.56 Å². The van der Waals surface area contributed by atoms with Gasteiger partial charge in [-0.25, -0.2) is 4.39 Å². The second-order valence-electron chi connectivity index (χ2n) is 2.44. The van der Waals surface area contributed by atoms with Gasteiger partial charge < -0.3 is 10.4 Å². The third-order valence-electron chi connectivity index (χ3n) is 1.45. The first-order valence-corrected chi connectivity index (χ1v) is 4.26. The summed E-state index contributed by atoms with van der Waals surface area (Å²) in [6.07, 6.45) is 0. The number of phenols is 1. The maximum absolute atomic E-state index is 12.8. The summed E-state index contributed by atoms with van der Waals surface area (Å²) >= 11 is 3.00. The Morgan fingerprint density at radius 1 is 1.58 bits per heavy atom. The molecule has 2 nitrogen and oxygen atoms in total. The normalized spacial score (nSPS) is 10.2. The Labute approximate surface area is 78.5 Å². The molecule has 0 aliphatic heterocycles. The highest BCUT2D eigenvalue weighted by Gasteiger charge is 2.06. The Bertz CT molecular complexity index is 267. The lowest BCUT2D eigenvalue weighted by molar-refractivity contribution is 0.429. The van der Waals surface area contributed by atoms with Crippen LogP contribution in [0.15, 0.2) is 16.6 Å². The summed E-state index contributed by atoms with van der Waals surface area (Å²) in [4.78, 5) is 0. The Balaban J connectivity index is 3.04. The quantitative estimate of drug-likeness (QED) is 0.820. The van der Waals surface area contributed by atoms with Gasteiger partial charge >= 0.3 is 0 Å². The maximum atomic E-state index is 12.8. The zero-order valence-corrected chi connectivity index (χ0v) is 8.15. The number of hydrogen-bond acceptors (Lipinski definition) is 2. The number of aromatic hydroxyl groups is 1. The number of halogens is 2. The molecular weight excluding hydrogens is 225 g/mol. The molecule has 0 saturated carbocycles. The van der Waals surface area contributed by atoms with Gasteiger partial charge in [0.05, 0.1) is 4.47 Å². The van der Waals surface area contributed by atoms with Crippen LogP contribution in [0.25, 0.3) is 0 Å². The van der Waals surface area contributed by atoms with Gasteiger partial charge in [0.2, 0.25) is 0 Å². The molecule has 2 N–H and O–H groups in total. The summed E-state index contributed by atoms with van der Waals surface area (Å²) in [5.41, 5.74) is 0.836. The van der Waals surface area contributed by atoms with Gasteiger partial charge in [-0.15, -0.1) is 0 Å². The highest BCUT2D eigenvalue weighted by Crippen LogP contribution is 2.25. The van der Waals surface area contributed by atoms with Gasteiger partial charge in [-0.3, -0.25) is 0 Å². The van der Waals surface area contributed by atoms with Crippen molar-refractivity contribution in [2.75, 3.05) is 7.05 Å². The molecule has 0 fully saturated rings. The molecule has 12 heavy (non-hydrogen) atoms. The maximum Gasteiger partial charge on any atom is 0.178 e. The molecule has 1 rings (SSSR count). The van der Waals surface area contributed by atoms with E-state index in [0.29, 0.717) is 6.54 Å². The summed E-state index contributed by atoms with van der Waals surface area (Å²) in [7, 11) is 1.79. The van der Waals surface area contributed by atoms with Crippen LogP contribution in [0.5, 0.6) is 5.75 Å². The third-order valence-corrected chi connectivity index (χ3v) is 2.03. The second-order valence-corrected chi connectivity index (χ2v) is 3.30. The predicted octanol–water partition coefficient (Wildman–Crippen LogP) is 2.01. The van der Waals surface area contributed by atoms with E-state index >= 15 is 0 Å². The average Bonchev–Trinajstić information content (AvgIpc) is 2.01. The van der Waals surface area contributed by atoms with Crippen LogP contribution in [0.1, 0.15) is 5.56 Å². The third kappa shape index (κ3) is 1.95. The van der Waals surface area contributed by atoms with Crippen molar-refractivity contribution in [3.63, 3.8) is 0 Å². The van der Waals surface area contributed by atoms with Crippen LogP contribution in [0, 0.1) is 5.82 Å². The molecule has 1 aromatic rings. The number of benzene rings is 1. The lowest BCUT2D eigenvalue weighted by Crippen LogP contribution is -2.05. The zero-order valence-electron chi connectivity index (χ0n) is 6.56. The van der Waals surface area contributed by atoms with Crippen molar-refractivity contribution in [2.24, 2.45) is 0 Å². The molecule has 0 aliphatic carbocycles. The van der Waals surface area contributed by atoms with Crippen LogP contribution in [0.4, 0.5) is 4.39 Å². The molecule has 0 bridgehead atoms. The highest BCUT2D eigenvalue weighted by atomic mass is 79.9. The SMILES string of the molecule is CNCc1cc(O)c(F)c(Br)c1. The number of rotatable bonds is 2. The van der Waals surface area contributed by atoms with Gasteiger partial charge in [0.1, 0.15) is 0 Å². The Hall–Kier alpha value is -0.610. The van der Waals surface area contributed by atoms with E-state index < -0.39 is 5.82 Å². The molecule has 4 heteroatoms. The monoisotopic (exact) mass is 233 g/mol. The largest absolute Gasteiger partial charge is 0.505 e. The molecule has 0 radical (unpaired) electrons. The van der Waals surface area contributed by atoms with E-state index in [9.17, 15) is 4.39 Å². The molecule has 0 heterocycles. The molecule has 0 aromatic heterocycles. The second kappa shape index (κ2) is 3.87. The first-order chi connectivity index (χ1) is 5.65. The minimum Gasteiger partial charge on any atom is -0.505 e. The van der Waals surface area contributed by atoms with Gasteiger partial charge in [-0.05, 0) is 40.7 Å². The summed E-state index contributed by atoms with van der Waals surface area (Å²) in [6.45, 7) is 0.604. The molecule has 0 amide bonds. The summed E-state index contributed by atoms with van der Waals surface area (Å²) in [5.74, 6) is -0.940. The molecule has 1 aromatic carbocycles. The van der Waals surface area contributed by atoms with Crippen molar-refractivity contribution in [3.8, 4) is 5.75 Å². The minimum absolute atomic E-state index is 0.285. The smallest absolute Gasteiger partial charge is 0.178 e. The average molecular weight is 234 g/mol. The fourth-order valence-electron chi connectivity index (χ4n) is 0.935. The topological polar surface area (TPSA) is 32.3 Å². The van der Waals surface area contributed by atoms with Gasteiger partial charge in [0, 0.05) is 6.54 Å². The summed E-state index contributed by atoms with van der Waals surface area (Å²) in [5, 5.41) is 12.0. The number of hydrogen-bond donors (Lipinski definition) is 2. The van der Waals surface area contributed by atoms with E-state index in [4.69, 9.17) is 5.11 Å². The molecule has 0 atom stereocenters. The van der Waals surface area contributed by atoms with E-state index in [1.807, 2.05) is 0 Å². The first kappa shape index (κ1) is 9.48. The van der Waals surface area contributed by atoms with Crippen molar-refractivity contribution < 1.29 is 9.50 Å². The van der Waals surface area contributed by atoms with Crippen LogP contribution in [-0.2, 0) is 6.54 Å². The van der Waals surface area contributed by atoms with Gasteiger partial charge in [0.15, 0.2) is 11.6 Å². The van der Waals surface area contributed by atoms with Crippen LogP contribution in [-0.4, -0.2) is 12.2 Å². The van der Waals surface area contributed by atoms with Gasteiger partial charge in [-0.2, -0.15) is 0 Å². The zero-order chi connectivity index (χ0) is 9.14. The number of phenolic OH excluding ortho intramolecular Hbond substituents is 1.